The number of carbonyl (C=O) groups excluding carboxylic acids is 1. The molecule has 1 aromatic heterocycles. The molecule has 0 aliphatic heterocycles. The van der Waals surface area contributed by atoms with Crippen LogP contribution in [0.15, 0.2) is 52.0 Å². The number of aromatic nitrogens is 1. The van der Waals surface area contributed by atoms with Crippen LogP contribution in [-0.2, 0) is 0 Å². The Morgan fingerprint density at radius 1 is 1.26 bits per heavy atom. The van der Waals surface area contributed by atoms with Crippen molar-refractivity contribution < 1.29 is 4.79 Å². The molecular formula is C17H13BrClN3O. The Hall–Kier alpha value is -2.11. The van der Waals surface area contributed by atoms with Crippen LogP contribution in [0.3, 0.4) is 0 Å². The second kappa shape index (κ2) is 6.56. The average Bonchev–Trinajstić information content (AvgIpc) is 2.88. The van der Waals surface area contributed by atoms with Crippen LogP contribution in [0.5, 0.6) is 0 Å². The van der Waals surface area contributed by atoms with Crippen LogP contribution < -0.4 is 5.43 Å². The Labute approximate surface area is 146 Å². The molecule has 1 amide bonds. The van der Waals surface area contributed by atoms with Crippen molar-refractivity contribution in [2.45, 2.75) is 6.92 Å². The molecule has 2 aromatic carbocycles. The maximum atomic E-state index is 12.3. The highest BCUT2D eigenvalue weighted by Crippen LogP contribution is 2.28. The summed E-state index contributed by atoms with van der Waals surface area (Å²) in [5.74, 6) is -0.303. The Kier molecular flexibility index (Phi) is 4.50. The molecule has 116 valence electrons. The normalized spacial score (nSPS) is 11.3. The van der Waals surface area contributed by atoms with Gasteiger partial charge < -0.3 is 4.98 Å². The van der Waals surface area contributed by atoms with Crippen LogP contribution >= 0.6 is 27.5 Å². The van der Waals surface area contributed by atoms with Crippen LogP contribution in [0, 0.1) is 6.92 Å². The number of hydrazone groups is 1. The van der Waals surface area contributed by atoms with Gasteiger partial charge in [0.25, 0.3) is 5.91 Å². The molecule has 2 N–H and O–H groups in total. The molecule has 0 saturated carbocycles. The number of nitrogens with one attached hydrogen (secondary N) is 2. The maximum Gasteiger partial charge on any atom is 0.288 e. The van der Waals surface area contributed by atoms with E-state index in [2.05, 4.69) is 31.4 Å². The third-order valence-electron chi connectivity index (χ3n) is 3.50. The van der Waals surface area contributed by atoms with Crippen molar-refractivity contribution in [2.75, 3.05) is 0 Å². The summed E-state index contributed by atoms with van der Waals surface area (Å²) in [5.41, 5.74) is 5.52. The van der Waals surface area contributed by atoms with Gasteiger partial charge in [-0.1, -0.05) is 45.7 Å². The second-order valence-electron chi connectivity index (χ2n) is 5.04. The molecule has 0 aliphatic carbocycles. The Balaban J connectivity index is 1.80. The highest BCUT2D eigenvalue weighted by atomic mass is 79.9. The third kappa shape index (κ3) is 3.30. The van der Waals surface area contributed by atoms with E-state index in [0.29, 0.717) is 10.7 Å². The minimum atomic E-state index is -0.303. The van der Waals surface area contributed by atoms with E-state index in [0.717, 1.165) is 26.5 Å². The summed E-state index contributed by atoms with van der Waals surface area (Å²) in [5, 5.41) is 5.47. The Morgan fingerprint density at radius 2 is 2.00 bits per heavy atom. The summed E-state index contributed by atoms with van der Waals surface area (Å²) in [6.07, 6.45) is 1.59. The van der Waals surface area contributed by atoms with Crippen molar-refractivity contribution in [2.24, 2.45) is 5.10 Å². The van der Waals surface area contributed by atoms with Gasteiger partial charge in [0.15, 0.2) is 0 Å². The molecule has 0 unspecified atom stereocenters. The van der Waals surface area contributed by atoms with Gasteiger partial charge in [0.1, 0.15) is 5.69 Å². The number of halogens is 2. The molecular weight excluding hydrogens is 378 g/mol. The highest BCUT2D eigenvalue weighted by molar-refractivity contribution is 9.10. The van der Waals surface area contributed by atoms with Crippen LogP contribution in [0.2, 0.25) is 5.02 Å². The van der Waals surface area contributed by atoms with E-state index in [1.54, 1.807) is 12.3 Å². The van der Waals surface area contributed by atoms with E-state index < -0.39 is 0 Å². The van der Waals surface area contributed by atoms with E-state index >= 15 is 0 Å². The number of benzene rings is 2. The summed E-state index contributed by atoms with van der Waals surface area (Å²) in [6.45, 7) is 1.86. The van der Waals surface area contributed by atoms with Gasteiger partial charge in [0.05, 0.1) is 11.2 Å². The highest BCUT2D eigenvalue weighted by Gasteiger charge is 2.15. The molecule has 1 heterocycles. The van der Waals surface area contributed by atoms with Gasteiger partial charge in [0, 0.05) is 15.4 Å². The van der Waals surface area contributed by atoms with Crippen LogP contribution in [0.25, 0.3) is 10.9 Å². The van der Waals surface area contributed by atoms with E-state index in [-0.39, 0.29) is 5.91 Å². The molecule has 0 fully saturated rings. The predicted octanol–water partition coefficient (Wildman–Crippen LogP) is 4.66. The van der Waals surface area contributed by atoms with Crippen LogP contribution in [0.4, 0.5) is 0 Å². The topological polar surface area (TPSA) is 57.2 Å². The maximum absolute atomic E-state index is 12.3. The molecule has 3 aromatic rings. The summed E-state index contributed by atoms with van der Waals surface area (Å²) >= 11 is 9.56. The number of carbonyl (C=O) groups is 1. The lowest BCUT2D eigenvalue weighted by Crippen LogP contribution is -2.18. The van der Waals surface area contributed by atoms with E-state index in [4.69, 9.17) is 11.6 Å². The molecule has 0 aliphatic rings. The van der Waals surface area contributed by atoms with Crippen molar-refractivity contribution in [3.8, 4) is 0 Å². The van der Waals surface area contributed by atoms with E-state index in [1.807, 2.05) is 43.3 Å². The number of nitrogens with zero attached hydrogens (tertiary/aromatic N) is 1. The fourth-order valence-electron chi connectivity index (χ4n) is 2.36. The number of aryl methyl sites for hydroxylation is 1. The largest absolute Gasteiger partial charge is 0.350 e. The summed E-state index contributed by atoms with van der Waals surface area (Å²) in [4.78, 5) is 15.4. The van der Waals surface area contributed by atoms with Crippen molar-refractivity contribution in [3.63, 3.8) is 0 Å². The van der Waals surface area contributed by atoms with Crippen LogP contribution in [0.1, 0.15) is 21.6 Å². The Morgan fingerprint density at radius 3 is 2.70 bits per heavy atom. The van der Waals surface area contributed by atoms with Crippen molar-refractivity contribution in [1.82, 2.24) is 10.4 Å². The van der Waals surface area contributed by atoms with E-state index in [1.165, 1.54) is 0 Å². The molecule has 3 rings (SSSR count). The minimum Gasteiger partial charge on any atom is -0.350 e. The number of rotatable bonds is 3. The number of aromatic amines is 1. The molecule has 0 saturated heterocycles. The molecule has 0 radical (unpaired) electrons. The zero-order chi connectivity index (χ0) is 16.4. The number of H-pyrrole nitrogens is 1. The van der Waals surface area contributed by atoms with Gasteiger partial charge in [-0.15, -0.1) is 0 Å². The second-order valence-corrected chi connectivity index (χ2v) is 6.36. The molecule has 0 bridgehead atoms. The zero-order valence-corrected chi connectivity index (χ0v) is 14.6. The first-order chi connectivity index (χ1) is 11.1. The molecule has 0 atom stereocenters. The predicted molar refractivity (Wildman–Crippen MR) is 97.2 cm³/mol. The molecule has 0 spiro atoms. The van der Waals surface area contributed by atoms with Gasteiger partial charge in [-0.3, -0.25) is 4.79 Å². The SMILES string of the molecule is Cc1c(C(=O)NN=Cc2ccc(Br)cc2)[nH]c2cccc(Cl)c12. The summed E-state index contributed by atoms with van der Waals surface area (Å²) in [6, 6.07) is 13.1. The number of fused-ring (bicyclic) bond motifs is 1. The first-order valence-corrected chi connectivity index (χ1v) is 8.09. The fourth-order valence-corrected chi connectivity index (χ4v) is 2.94. The van der Waals surface area contributed by atoms with Crippen molar-refractivity contribution >= 4 is 50.6 Å². The number of hydrogen-bond donors (Lipinski definition) is 2. The smallest absolute Gasteiger partial charge is 0.288 e. The number of hydrogen-bond acceptors (Lipinski definition) is 2. The molecule has 23 heavy (non-hydrogen) atoms. The first kappa shape index (κ1) is 15.8. The van der Waals surface area contributed by atoms with Gasteiger partial charge in [-0.05, 0) is 42.3 Å². The van der Waals surface area contributed by atoms with Gasteiger partial charge in [-0.25, -0.2) is 5.43 Å². The lowest BCUT2D eigenvalue weighted by Gasteiger charge is -1.99. The fraction of sp³-hybridized carbons (Fsp3) is 0.0588. The van der Waals surface area contributed by atoms with Crippen LogP contribution in [-0.4, -0.2) is 17.1 Å². The minimum absolute atomic E-state index is 0.303. The lowest BCUT2D eigenvalue weighted by atomic mass is 10.1. The zero-order valence-electron chi connectivity index (χ0n) is 12.2. The van der Waals surface area contributed by atoms with Crippen molar-refractivity contribution in [3.05, 3.63) is 68.8 Å². The van der Waals surface area contributed by atoms with Crippen molar-refractivity contribution in [1.29, 1.82) is 0 Å². The monoisotopic (exact) mass is 389 g/mol. The molecule has 6 heteroatoms. The van der Waals surface area contributed by atoms with E-state index in [9.17, 15) is 4.79 Å². The Bertz CT molecular complexity index is 900. The standard InChI is InChI=1S/C17H13BrClN3O/c1-10-15-13(19)3-2-4-14(15)21-16(10)17(23)22-20-9-11-5-7-12(18)8-6-11/h2-9,21H,1H3,(H,22,23). The first-order valence-electron chi connectivity index (χ1n) is 6.92. The third-order valence-corrected chi connectivity index (χ3v) is 4.34. The van der Waals surface area contributed by atoms with Gasteiger partial charge >= 0.3 is 0 Å². The average molecular weight is 391 g/mol. The summed E-state index contributed by atoms with van der Waals surface area (Å²) in [7, 11) is 0. The molecule has 4 nitrogen and oxygen atoms in total. The summed E-state index contributed by atoms with van der Waals surface area (Å²) < 4.78 is 0.990. The number of amides is 1. The quantitative estimate of drug-likeness (QED) is 0.496. The van der Waals surface area contributed by atoms with Gasteiger partial charge in [-0.2, -0.15) is 5.10 Å². The van der Waals surface area contributed by atoms with Gasteiger partial charge in [0.2, 0.25) is 0 Å². The lowest BCUT2D eigenvalue weighted by molar-refractivity contribution is 0.0950.